The third kappa shape index (κ3) is 2.81. The van der Waals surface area contributed by atoms with E-state index in [9.17, 15) is 4.79 Å². The molecule has 108 valence electrons. The number of piperidine rings is 1. The van der Waals surface area contributed by atoms with Crippen LogP contribution in [0.1, 0.15) is 24.1 Å². The molecule has 0 saturated carbocycles. The van der Waals surface area contributed by atoms with E-state index in [0.717, 1.165) is 43.5 Å². The fourth-order valence-corrected chi connectivity index (χ4v) is 3.00. The van der Waals surface area contributed by atoms with E-state index in [0.29, 0.717) is 6.42 Å². The Morgan fingerprint density at radius 3 is 3.14 bits per heavy atom. The Labute approximate surface area is 123 Å². The normalized spacial score (nSPS) is 19.5. The van der Waals surface area contributed by atoms with Crippen molar-refractivity contribution in [1.82, 2.24) is 14.5 Å². The Bertz CT molecular complexity index is 685. The molecule has 0 amide bonds. The Hall–Kier alpha value is -2.19. The van der Waals surface area contributed by atoms with E-state index in [1.165, 1.54) is 0 Å². The first-order valence-electron chi connectivity index (χ1n) is 7.35. The van der Waals surface area contributed by atoms with Gasteiger partial charge in [-0.25, -0.2) is 4.98 Å². The van der Waals surface area contributed by atoms with Crippen LogP contribution in [0.3, 0.4) is 0 Å². The van der Waals surface area contributed by atoms with Gasteiger partial charge in [-0.15, -0.1) is 0 Å². The van der Waals surface area contributed by atoms with E-state index < -0.39 is 0 Å². The van der Waals surface area contributed by atoms with Gasteiger partial charge in [-0.2, -0.15) is 5.26 Å². The number of nitrogens with zero attached hydrogens (tertiary/aromatic N) is 4. The molecule has 0 radical (unpaired) electrons. The summed E-state index contributed by atoms with van der Waals surface area (Å²) in [4.78, 5) is 19.2. The van der Waals surface area contributed by atoms with Crippen molar-refractivity contribution in [2.75, 3.05) is 19.6 Å². The second-order valence-electron chi connectivity index (χ2n) is 5.49. The fraction of sp³-hybridized carbons (Fsp3) is 0.438. The number of benzene rings is 1. The van der Waals surface area contributed by atoms with Crippen LogP contribution in [0.4, 0.5) is 0 Å². The summed E-state index contributed by atoms with van der Waals surface area (Å²) in [6.07, 6.45) is 4.07. The summed E-state index contributed by atoms with van der Waals surface area (Å²) in [6.45, 7) is 2.48. The number of aromatic nitrogens is 2. The van der Waals surface area contributed by atoms with Gasteiger partial charge in [0.25, 0.3) is 0 Å². The van der Waals surface area contributed by atoms with Gasteiger partial charge in [0, 0.05) is 19.5 Å². The molecular formula is C16H18N4O. The predicted molar refractivity (Wildman–Crippen MR) is 79.8 cm³/mol. The van der Waals surface area contributed by atoms with Crippen LogP contribution in [-0.2, 0) is 0 Å². The molecule has 0 N–H and O–H groups in total. The van der Waals surface area contributed by atoms with Crippen LogP contribution >= 0.6 is 0 Å². The lowest BCUT2D eigenvalue weighted by Gasteiger charge is -2.31. The highest BCUT2D eigenvalue weighted by Gasteiger charge is 2.27. The maximum absolute atomic E-state index is 12.7. The highest BCUT2D eigenvalue weighted by atomic mass is 16.2. The lowest BCUT2D eigenvalue weighted by molar-refractivity contribution is 0.0739. The number of carbonyl (C=O) groups is 1. The average Bonchev–Trinajstić information content (AvgIpc) is 2.96. The van der Waals surface area contributed by atoms with Crippen molar-refractivity contribution in [2.45, 2.75) is 19.3 Å². The number of hydrogen-bond donors (Lipinski definition) is 0. The van der Waals surface area contributed by atoms with Crippen molar-refractivity contribution in [3.8, 4) is 6.07 Å². The van der Waals surface area contributed by atoms with Gasteiger partial charge in [0.1, 0.15) is 6.33 Å². The molecule has 5 nitrogen and oxygen atoms in total. The summed E-state index contributed by atoms with van der Waals surface area (Å²) in [5, 5.41) is 8.68. The number of likely N-dealkylation sites (tertiary alicyclic amines) is 1. The Kier molecular flexibility index (Phi) is 3.98. The van der Waals surface area contributed by atoms with Crippen LogP contribution in [-0.4, -0.2) is 40.0 Å². The second kappa shape index (κ2) is 6.06. The zero-order valence-corrected chi connectivity index (χ0v) is 11.9. The average molecular weight is 282 g/mol. The highest BCUT2D eigenvalue weighted by Crippen LogP contribution is 2.21. The number of para-hydroxylation sites is 2. The number of imidazole rings is 1. The molecule has 1 atom stereocenters. The number of carbonyl (C=O) groups excluding carboxylic acids is 1. The fourth-order valence-electron chi connectivity index (χ4n) is 3.00. The topological polar surface area (TPSA) is 61.9 Å². The molecule has 0 aliphatic carbocycles. The maximum atomic E-state index is 12.7. The zero-order chi connectivity index (χ0) is 14.7. The number of hydrogen-bond acceptors (Lipinski definition) is 4. The highest BCUT2D eigenvalue weighted by molar-refractivity contribution is 5.91. The minimum atomic E-state index is -0.00458. The molecule has 5 heteroatoms. The predicted octanol–water partition coefficient (Wildman–Crippen LogP) is 2.30. The molecule has 1 aromatic heterocycles. The van der Waals surface area contributed by atoms with E-state index in [1.807, 2.05) is 24.3 Å². The molecule has 3 rings (SSSR count). The molecule has 1 unspecified atom stereocenters. The smallest absolute Gasteiger partial charge is 0.236 e. The quantitative estimate of drug-likeness (QED) is 0.866. The van der Waals surface area contributed by atoms with Gasteiger partial charge in [0.2, 0.25) is 5.91 Å². The van der Waals surface area contributed by atoms with Gasteiger partial charge in [0.15, 0.2) is 0 Å². The van der Waals surface area contributed by atoms with Crippen molar-refractivity contribution < 1.29 is 4.79 Å². The van der Waals surface area contributed by atoms with Crippen LogP contribution in [0, 0.1) is 17.2 Å². The minimum absolute atomic E-state index is 0.00458. The Balaban J connectivity index is 1.77. The molecule has 1 aliphatic heterocycles. The van der Waals surface area contributed by atoms with Gasteiger partial charge >= 0.3 is 0 Å². The zero-order valence-electron chi connectivity index (χ0n) is 11.9. The van der Waals surface area contributed by atoms with Gasteiger partial charge in [-0.1, -0.05) is 12.1 Å². The Morgan fingerprint density at radius 1 is 1.43 bits per heavy atom. The van der Waals surface area contributed by atoms with Crippen molar-refractivity contribution in [1.29, 1.82) is 5.26 Å². The summed E-state index contributed by atoms with van der Waals surface area (Å²) in [7, 11) is 0. The molecule has 1 fully saturated rings. The minimum Gasteiger partial charge on any atom is -0.302 e. The van der Waals surface area contributed by atoms with Gasteiger partial charge in [-0.05, 0) is 31.5 Å². The lowest BCUT2D eigenvalue weighted by atomic mass is 9.97. The summed E-state index contributed by atoms with van der Waals surface area (Å²) in [5.74, 6) is 0.111. The maximum Gasteiger partial charge on any atom is 0.236 e. The Morgan fingerprint density at radius 2 is 2.29 bits per heavy atom. The molecule has 2 heterocycles. The molecule has 2 aromatic rings. The van der Waals surface area contributed by atoms with E-state index >= 15 is 0 Å². The molecule has 0 spiro atoms. The third-order valence-corrected chi connectivity index (χ3v) is 4.09. The van der Waals surface area contributed by atoms with E-state index in [1.54, 1.807) is 10.9 Å². The van der Waals surface area contributed by atoms with E-state index in [4.69, 9.17) is 5.26 Å². The van der Waals surface area contributed by atoms with E-state index in [2.05, 4.69) is 16.0 Å². The number of fused-ring (bicyclic) bond motifs is 1. The largest absolute Gasteiger partial charge is 0.302 e. The summed E-state index contributed by atoms with van der Waals surface area (Å²) in [6, 6.07) is 9.86. The number of nitriles is 1. The molecule has 1 aromatic carbocycles. The van der Waals surface area contributed by atoms with Crippen molar-refractivity contribution in [3.63, 3.8) is 0 Å². The summed E-state index contributed by atoms with van der Waals surface area (Å²) < 4.78 is 1.67. The van der Waals surface area contributed by atoms with Crippen LogP contribution in [0.25, 0.3) is 11.0 Å². The molecular weight excluding hydrogens is 264 g/mol. The van der Waals surface area contributed by atoms with E-state index in [-0.39, 0.29) is 11.8 Å². The van der Waals surface area contributed by atoms with Crippen LogP contribution in [0.2, 0.25) is 0 Å². The van der Waals surface area contributed by atoms with Crippen LogP contribution in [0.5, 0.6) is 0 Å². The SMILES string of the molecule is N#CCCN1CCCC(C(=O)n2cnc3ccccc32)C1. The van der Waals surface area contributed by atoms with Gasteiger partial charge in [0.05, 0.1) is 23.0 Å². The molecule has 21 heavy (non-hydrogen) atoms. The standard InChI is InChI=1S/C16H18N4O/c17-8-4-10-19-9-3-5-13(11-19)16(21)20-12-18-14-6-1-2-7-15(14)20/h1-2,6-7,12-13H,3-5,9-11H2. The summed E-state index contributed by atoms with van der Waals surface area (Å²) >= 11 is 0. The molecule has 1 saturated heterocycles. The summed E-state index contributed by atoms with van der Waals surface area (Å²) in [5.41, 5.74) is 1.72. The van der Waals surface area contributed by atoms with Crippen LogP contribution < -0.4 is 0 Å². The van der Waals surface area contributed by atoms with Crippen molar-refractivity contribution in [2.24, 2.45) is 5.92 Å². The van der Waals surface area contributed by atoms with Crippen molar-refractivity contribution >= 4 is 16.9 Å². The molecule has 0 bridgehead atoms. The lowest BCUT2D eigenvalue weighted by Crippen LogP contribution is -2.40. The first-order valence-corrected chi connectivity index (χ1v) is 7.35. The van der Waals surface area contributed by atoms with Gasteiger partial charge < -0.3 is 4.90 Å². The molecule has 1 aliphatic rings. The first kappa shape index (κ1) is 13.8. The monoisotopic (exact) mass is 282 g/mol. The number of rotatable bonds is 3. The van der Waals surface area contributed by atoms with Crippen LogP contribution in [0.15, 0.2) is 30.6 Å². The second-order valence-corrected chi connectivity index (χ2v) is 5.49. The van der Waals surface area contributed by atoms with Gasteiger partial charge in [-0.3, -0.25) is 9.36 Å². The third-order valence-electron chi connectivity index (χ3n) is 4.09. The first-order chi connectivity index (χ1) is 10.3. The van der Waals surface area contributed by atoms with Crippen molar-refractivity contribution in [3.05, 3.63) is 30.6 Å².